The Kier molecular flexibility index (Phi) is 6.40. The number of aliphatic hydroxyl groups is 2. The number of anilines is 1. The number of para-hydroxylation sites is 1. The molecule has 0 spiro atoms. The highest BCUT2D eigenvalue weighted by molar-refractivity contribution is 5.90. The molecule has 0 atom stereocenters. The Balaban J connectivity index is 1.85. The topological polar surface area (TPSA) is 68.6 Å². The maximum absolute atomic E-state index is 8.97. The van der Waals surface area contributed by atoms with Gasteiger partial charge in [0.15, 0.2) is 0 Å². The monoisotopic (exact) mass is 289 g/mol. The van der Waals surface area contributed by atoms with E-state index >= 15 is 0 Å². The van der Waals surface area contributed by atoms with Gasteiger partial charge in [0.05, 0.1) is 18.7 Å². The van der Waals surface area contributed by atoms with E-state index in [9.17, 15) is 0 Å². The van der Waals surface area contributed by atoms with E-state index in [0.29, 0.717) is 13.1 Å². The first-order chi connectivity index (χ1) is 10.3. The molecule has 2 aromatic rings. The third-order valence-corrected chi connectivity index (χ3v) is 3.45. The van der Waals surface area contributed by atoms with Crippen LogP contribution >= 0.6 is 0 Å². The highest BCUT2D eigenvalue weighted by Crippen LogP contribution is 2.20. The lowest BCUT2D eigenvalue weighted by molar-refractivity contribution is 0.161. The van der Waals surface area contributed by atoms with Crippen molar-refractivity contribution in [2.75, 3.05) is 44.7 Å². The van der Waals surface area contributed by atoms with Gasteiger partial charge in [-0.25, -0.2) is 0 Å². The van der Waals surface area contributed by atoms with Crippen molar-refractivity contribution < 1.29 is 10.2 Å². The van der Waals surface area contributed by atoms with E-state index in [1.165, 1.54) is 0 Å². The summed E-state index contributed by atoms with van der Waals surface area (Å²) < 4.78 is 0. The van der Waals surface area contributed by atoms with Crippen molar-refractivity contribution in [3.63, 3.8) is 0 Å². The van der Waals surface area contributed by atoms with E-state index in [-0.39, 0.29) is 13.2 Å². The Morgan fingerprint density at radius 1 is 1.00 bits per heavy atom. The number of benzene rings is 1. The summed E-state index contributed by atoms with van der Waals surface area (Å²) in [7, 11) is 0. The SMILES string of the molecule is OCCN(CCO)CCCNc1ccnc2ccccc12. The quantitative estimate of drug-likeness (QED) is 0.608. The smallest absolute Gasteiger partial charge is 0.0722 e. The Bertz CT molecular complexity index is 537. The van der Waals surface area contributed by atoms with Crippen LogP contribution in [0.4, 0.5) is 5.69 Å². The molecule has 0 radical (unpaired) electrons. The number of aromatic nitrogens is 1. The van der Waals surface area contributed by atoms with Gasteiger partial charge in [0.1, 0.15) is 0 Å². The van der Waals surface area contributed by atoms with Gasteiger partial charge in [-0.3, -0.25) is 9.88 Å². The van der Waals surface area contributed by atoms with Crippen LogP contribution in [-0.2, 0) is 0 Å². The van der Waals surface area contributed by atoms with E-state index in [1.807, 2.05) is 30.5 Å². The zero-order valence-electron chi connectivity index (χ0n) is 12.2. The van der Waals surface area contributed by atoms with Crippen LogP contribution in [0.5, 0.6) is 0 Å². The predicted octanol–water partition coefficient (Wildman–Crippen LogP) is 1.32. The first-order valence-corrected chi connectivity index (χ1v) is 7.37. The second-order valence-electron chi connectivity index (χ2n) is 4.94. The minimum Gasteiger partial charge on any atom is -0.395 e. The summed E-state index contributed by atoms with van der Waals surface area (Å²) in [5.74, 6) is 0. The minimum absolute atomic E-state index is 0.127. The lowest BCUT2D eigenvalue weighted by atomic mass is 10.2. The average molecular weight is 289 g/mol. The number of aliphatic hydroxyl groups excluding tert-OH is 2. The molecule has 5 nitrogen and oxygen atoms in total. The predicted molar refractivity (Wildman–Crippen MR) is 85.5 cm³/mol. The van der Waals surface area contributed by atoms with Crippen LogP contribution in [0.25, 0.3) is 10.9 Å². The van der Waals surface area contributed by atoms with Crippen LogP contribution in [0.1, 0.15) is 6.42 Å². The van der Waals surface area contributed by atoms with Crippen molar-refractivity contribution in [2.24, 2.45) is 0 Å². The van der Waals surface area contributed by atoms with Crippen LogP contribution in [0, 0.1) is 0 Å². The van der Waals surface area contributed by atoms with Gasteiger partial charge >= 0.3 is 0 Å². The highest BCUT2D eigenvalue weighted by Gasteiger charge is 2.04. The largest absolute Gasteiger partial charge is 0.395 e. The zero-order chi connectivity index (χ0) is 14.9. The molecule has 1 aromatic carbocycles. The molecular formula is C16H23N3O2. The van der Waals surface area contributed by atoms with E-state index in [0.717, 1.165) is 36.1 Å². The molecule has 3 N–H and O–H groups in total. The molecule has 114 valence electrons. The Morgan fingerprint density at radius 3 is 2.52 bits per heavy atom. The molecule has 1 aromatic heterocycles. The van der Waals surface area contributed by atoms with Gasteiger partial charge in [0.25, 0.3) is 0 Å². The Morgan fingerprint density at radius 2 is 1.76 bits per heavy atom. The molecule has 0 amide bonds. The number of hydrogen-bond donors (Lipinski definition) is 3. The fraction of sp³-hybridized carbons (Fsp3) is 0.438. The summed E-state index contributed by atoms with van der Waals surface area (Å²) in [4.78, 5) is 6.41. The second-order valence-corrected chi connectivity index (χ2v) is 4.94. The van der Waals surface area contributed by atoms with E-state index in [2.05, 4.69) is 21.3 Å². The van der Waals surface area contributed by atoms with E-state index in [1.54, 1.807) is 0 Å². The molecule has 0 aliphatic rings. The van der Waals surface area contributed by atoms with Gasteiger partial charge in [0, 0.05) is 36.9 Å². The molecule has 2 rings (SSSR count). The molecule has 0 bridgehead atoms. The van der Waals surface area contributed by atoms with Crippen LogP contribution in [0.2, 0.25) is 0 Å². The van der Waals surface area contributed by atoms with Crippen LogP contribution in [0.3, 0.4) is 0 Å². The fourth-order valence-corrected chi connectivity index (χ4v) is 2.39. The van der Waals surface area contributed by atoms with Gasteiger partial charge in [-0.05, 0) is 25.1 Å². The van der Waals surface area contributed by atoms with Crippen LogP contribution < -0.4 is 5.32 Å². The lowest BCUT2D eigenvalue weighted by Crippen LogP contribution is -2.31. The van der Waals surface area contributed by atoms with Gasteiger partial charge in [-0.2, -0.15) is 0 Å². The van der Waals surface area contributed by atoms with Crippen molar-refractivity contribution >= 4 is 16.6 Å². The van der Waals surface area contributed by atoms with Crippen LogP contribution in [-0.4, -0.2) is 59.5 Å². The molecule has 0 aliphatic heterocycles. The molecule has 21 heavy (non-hydrogen) atoms. The number of nitrogens with zero attached hydrogens (tertiary/aromatic N) is 2. The van der Waals surface area contributed by atoms with E-state index in [4.69, 9.17) is 10.2 Å². The number of pyridine rings is 1. The molecule has 0 saturated carbocycles. The third-order valence-electron chi connectivity index (χ3n) is 3.45. The molecule has 5 heteroatoms. The summed E-state index contributed by atoms with van der Waals surface area (Å²) in [5.41, 5.74) is 2.08. The van der Waals surface area contributed by atoms with Gasteiger partial charge in [0.2, 0.25) is 0 Å². The van der Waals surface area contributed by atoms with Crippen molar-refractivity contribution in [3.8, 4) is 0 Å². The van der Waals surface area contributed by atoms with Gasteiger partial charge in [-0.15, -0.1) is 0 Å². The highest BCUT2D eigenvalue weighted by atomic mass is 16.3. The van der Waals surface area contributed by atoms with Crippen molar-refractivity contribution in [2.45, 2.75) is 6.42 Å². The molecule has 0 fully saturated rings. The average Bonchev–Trinajstić information content (AvgIpc) is 2.52. The minimum atomic E-state index is 0.127. The number of fused-ring (bicyclic) bond motifs is 1. The maximum atomic E-state index is 8.97. The number of rotatable bonds is 9. The first kappa shape index (κ1) is 15.7. The summed E-state index contributed by atoms with van der Waals surface area (Å²) in [6.07, 6.45) is 2.77. The summed E-state index contributed by atoms with van der Waals surface area (Å²) in [5, 5.41) is 22.5. The van der Waals surface area contributed by atoms with Gasteiger partial charge < -0.3 is 15.5 Å². The lowest BCUT2D eigenvalue weighted by Gasteiger charge is -2.20. The number of hydrogen-bond acceptors (Lipinski definition) is 5. The Hall–Kier alpha value is -1.69. The summed E-state index contributed by atoms with van der Waals surface area (Å²) in [6.45, 7) is 3.18. The van der Waals surface area contributed by atoms with Crippen molar-refractivity contribution in [3.05, 3.63) is 36.5 Å². The molecule has 0 aliphatic carbocycles. The standard InChI is InChI=1S/C16H23N3O2/c20-12-10-19(11-13-21)9-3-7-17-16-6-8-18-15-5-2-1-4-14(15)16/h1-2,4-6,8,20-21H,3,7,9-13H2,(H,17,18). The summed E-state index contributed by atoms with van der Waals surface area (Å²) in [6, 6.07) is 10.1. The molecule has 1 heterocycles. The normalized spacial score (nSPS) is 11.2. The maximum Gasteiger partial charge on any atom is 0.0722 e. The molecular weight excluding hydrogens is 266 g/mol. The zero-order valence-corrected chi connectivity index (χ0v) is 12.2. The molecule has 0 saturated heterocycles. The summed E-state index contributed by atoms with van der Waals surface area (Å²) >= 11 is 0. The number of nitrogens with one attached hydrogen (secondary N) is 1. The van der Waals surface area contributed by atoms with E-state index < -0.39 is 0 Å². The first-order valence-electron chi connectivity index (χ1n) is 7.37. The van der Waals surface area contributed by atoms with Gasteiger partial charge in [-0.1, -0.05) is 18.2 Å². The van der Waals surface area contributed by atoms with Crippen molar-refractivity contribution in [1.82, 2.24) is 9.88 Å². The Labute approximate surface area is 125 Å². The van der Waals surface area contributed by atoms with Crippen LogP contribution in [0.15, 0.2) is 36.5 Å². The molecule has 0 unspecified atom stereocenters. The second kappa shape index (κ2) is 8.56. The van der Waals surface area contributed by atoms with Crippen molar-refractivity contribution in [1.29, 1.82) is 0 Å². The third kappa shape index (κ3) is 4.67. The fourth-order valence-electron chi connectivity index (χ4n) is 2.39.